The van der Waals surface area contributed by atoms with Crippen molar-refractivity contribution in [2.45, 2.75) is 18.1 Å². The van der Waals surface area contributed by atoms with Crippen LogP contribution in [0.3, 0.4) is 0 Å². The molecule has 3 rings (SSSR count). The molecule has 0 fully saturated rings. The third-order valence-electron chi connectivity index (χ3n) is 2.07. The molecule has 0 saturated heterocycles. The summed E-state index contributed by atoms with van der Waals surface area (Å²) in [4.78, 5) is 0. The van der Waals surface area contributed by atoms with Gasteiger partial charge in [0, 0.05) is 0 Å². The zero-order valence-electron chi connectivity index (χ0n) is 8.16. The number of allylic oxidation sites excluding steroid dienone is 2. The van der Waals surface area contributed by atoms with Crippen LogP contribution in [-0.2, 0) is 0 Å². The predicted octanol–water partition coefficient (Wildman–Crippen LogP) is 0.133. The van der Waals surface area contributed by atoms with Gasteiger partial charge in [0.2, 0.25) is 0 Å². The minimum atomic E-state index is 0.780. The Labute approximate surface area is 128 Å². The summed E-state index contributed by atoms with van der Waals surface area (Å²) in [5.74, 6) is 0. The Balaban J connectivity index is 1.80. The van der Waals surface area contributed by atoms with Gasteiger partial charge in [-0.15, -0.1) is 0 Å². The van der Waals surface area contributed by atoms with Crippen LogP contribution in [0, 0.1) is 0 Å². The summed E-state index contributed by atoms with van der Waals surface area (Å²) >= 11 is 5.19. The number of hydrogen-bond donors (Lipinski definition) is 0. The Hall–Kier alpha value is 2.34. The molecule has 3 heterocycles. The third-order valence-corrected chi connectivity index (χ3v) is 28.5. The average molecular weight is 590 g/mol. The molecule has 80 valence electrons. The fourth-order valence-corrected chi connectivity index (χ4v) is 34.9. The first-order valence-corrected chi connectivity index (χ1v) is 15.4. The first-order valence-electron chi connectivity index (χ1n) is 4.37. The van der Waals surface area contributed by atoms with E-state index in [9.17, 15) is 0 Å². The van der Waals surface area contributed by atoms with Gasteiger partial charge in [-0.05, 0) is 0 Å². The van der Waals surface area contributed by atoms with Crippen molar-refractivity contribution in [3.8, 4) is 0 Å². The molecule has 0 unspecified atom stereocenters. The van der Waals surface area contributed by atoms with E-state index in [0.717, 1.165) is 89.7 Å². The van der Waals surface area contributed by atoms with Gasteiger partial charge in [0.15, 0.2) is 0 Å². The molecule has 6 heteroatoms. The van der Waals surface area contributed by atoms with Gasteiger partial charge in [-0.25, -0.2) is 0 Å². The van der Waals surface area contributed by atoms with E-state index in [1.54, 1.807) is 13.2 Å². The molecule has 0 aromatic rings. The van der Waals surface area contributed by atoms with Crippen molar-refractivity contribution in [1.29, 1.82) is 0 Å². The van der Waals surface area contributed by atoms with Crippen LogP contribution in [0.1, 0.15) is 13.8 Å². The van der Waals surface area contributed by atoms with Crippen LogP contribution >= 0.6 is 0 Å². The molecule has 0 nitrogen and oxygen atoms in total. The first-order chi connectivity index (χ1) is 7.24. The van der Waals surface area contributed by atoms with E-state index in [-0.39, 0.29) is 0 Å². The van der Waals surface area contributed by atoms with Gasteiger partial charge in [0.1, 0.15) is 0 Å². The molecule has 0 atom stereocenters. The summed E-state index contributed by atoms with van der Waals surface area (Å²) in [5, 5.41) is 0. The van der Waals surface area contributed by atoms with E-state index in [0.29, 0.717) is 0 Å². The molecular weight excluding hydrogens is 582 g/mol. The van der Waals surface area contributed by atoms with Gasteiger partial charge in [-0.2, -0.15) is 0 Å². The maximum absolute atomic E-state index is 2.37. The van der Waals surface area contributed by atoms with E-state index in [4.69, 9.17) is 0 Å². The van der Waals surface area contributed by atoms with Crippen LogP contribution in [0.15, 0.2) is 22.4 Å². The molecule has 0 aliphatic carbocycles. The summed E-state index contributed by atoms with van der Waals surface area (Å²) in [6.45, 7) is 4.74. The molecule has 3 aliphatic rings. The fourth-order valence-electron chi connectivity index (χ4n) is 1.20. The Morgan fingerprint density at radius 2 is 1.13 bits per heavy atom. The summed E-state index contributed by atoms with van der Waals surface area (Å²) < 4.78 is 13.1. The Kier molecular flexibility index (Phi) is 4.24. The molecule has 0 aromatic heterocycles. The molecule has 0 aromatic carbocycles. The van der Waals surface area contributed by atoms with Gasteiger partial charge in [0.25, 0.3) is 0 Å². The standard InChI is InChI=1S/C9H8Se6/c1-4-5(2)13-8(12-4)9-14-6-7(15-9)11-3-10-6/h3H2,1-2H3. The Morgan fingerprint density at radius 3 is 1.67 bits per heavy atom. The molecule has 0 N–H and O–H groups in total. The molecule has 0 saturated carbocycles. The van der Waals surface area contributed by atoms with Crippen molar-refractivity contribution in [3.05, 3.63) is 22.4 Å². The van der Waals surface area contributed by atoms with Gasteiger partial charge >= 0.3 is 130 Å². The quantitative estimate of drug-likeness (QED) is 0.353. The van der Waals surface area contributed by atoms with Crippen LogP contribution in [-0.4, -0.2) is 89.7 Å². The van der Waals surface area contributed by atoms with Gasteiger partial charge < -0.3 is 0 Å². The SMILES string of the molecule is CC1=C(C)[Se]C(=C2[Se]C3=C([Se]C[Se]3)[Se]2)[Se]1. The van der Waals surface area contributed by atoms with Crippen molar-refractivity contribution in [1.82, 2.24) is 0 Å². The third kappa shape index (κ3) is 2.54. The van der Waals surface area contributed by atoms with Crippen LogP contribution in [0.4, 0.5) is 0 Å². The van der Waals surface area contributed by atoms with Crippen LogP contribution in [0.2, 0.25) is 4.22 Å². The van der Waals surface area contributed by atoms with Crippen molar-refractivity contribution < 1.29 is 0 Å². The van der Waals surface area contributed by atoms with E-state index in [1.165, 1.54) is 0 Å². The van der Waals surface area contributed by atoms with E-state index < -0.39 is 0 Å². The number of rotatable bonds is 0. The van der Waals surface area contributed by atoms with E-state index in [2.05, 4.69) is 13.8 Å². The maximum atomic E-state index is 2.37. The average Bonchev–Trinajstić information content (AvgIpc) is 2.80. The zero-order valence-corrected chi connectivity index (χ0v) is 18.4. The predicted molar refractivity (Wildman–Crippen MR) is 71.8 cm³/mol. The summed E-state index contributed by atoms with van der Waals surface area (Å²) in [7, 11) is 0. The van der Waals surface area contributed by atoms with E-state index in [1.807, 2.05) is 13.5 Å². The van der Waals surface area contributed by atoms with E-state index >= 15 is 0 Å². The van der Waals surface area contributed by atoms with Crippen molar-refractivity contribution >= 4 is 89.7 Å². The second kappa shape index (κ2) is 5.14. The number of hydrogen-bond acceptors (Lipinski definition) is 0. The molecular formula is C9H8Se6. The Bertz CT molecular complexity index is 382. The van der Waals surface area contributed by atoms with Gasteiger partial charge in [0.05, 0.1) is 0 Å². The molecule has 3 aliphatic heterocycles. The topological polar surface area (TPSA) is 0 Å². The molecule has 0 spiro atoms. The van der Waals surface area contributed by atoms with Crippen LogP contribution < -0.4 is 0 Å². The second-order valence-corrected chi connectivity index (χ2v) is 23.7. The first kappa shape index (κ1) is 12.4. The monoisotopic (exact) mass is 596 g/mol. The van der Waals surface area contributed by atoms with Crippen molar-refractivity contribution in [3.63, 3.8) is 0 Å². The fraction of sp³-hybridized carbons (Fsp3) is 0.333. The zero-order chi connectivity index (χ0) is 10.4. The molecule has 0 bridgehead atoms. The molecule has 0 radical (unpaired) electrons. The molecule has 0 amide bonds. The summed E-state index contributed by atoms with van der Waals surface area (Å²) in [5.41, 5.74) is 0. The van der Waals surface area contributed by atoms with Crippen LogP contribution in [0.5, 0.6) is 0 Å². The van der Waals surface area contributed by atoms with Crippen molar-refractivity contribution in [2.75, 3.05) is 0 Å². The second-order valence-electron chi connectivity index (χ2n) is 3.08. The summed E-state index contributed by atoms with van der Waals surface area (Å²) in [6.07, 6.45) is 0. The van der Waals surface area contributed by atoms with Crippen molar-refractivity contribution in [2.24, 2.45) is 0 Å². The van der Waals surface area contributed by atoms with Gasteiger partial charge in [-0.1, -0.05) is 0 Å². The van der Waals surface area contributed by atoms with Crippen LogP contribution in [0.25, 0.3) is 0 Å². The Morgan fingerprint density at radius 1 is 0.667 bits per heavy atom. The molecule has 15 heavy (non-hydrogen) atoms. The van der Waals surface area contributed by atoms with Gasteiger partial charge in [-0.3, -0.25) is 0 Å². The normalized spacial score (nSPS) is 26.0. The minimum absolute atomic E-state index is 0.780. The summed E-state index contributed by atoms with van der Waals surface area (Å²) in [6, 6.07) is 0.